The van der Waals surface area contributed by atoms with E-state index in [2.05, 4.69) is 11.9 Å². The van der Waals surface area contributed by atoms with Gasteiger partial charge in [0.2, 0.25) is 0 Å². The van der Waals surface area contributed by atoms with E-state index >= 15 is 0 Å². The second kappa shape index (κ2) is 5.36. The Morgan fingerprint density at radius 3 is 2.68 bits per heavy atom. The summed E-state index contributed by atoms with van der Waals surface area (Å²) >= 11 is 1.38. The molecule has 1 amide bonds. The Balaban J connectivity index is 2.07. The second-order valence-electron chi connectivity index (χ2n) is 5.38. The average Bonchev–Trinajstić information content (AvgIpc) is 2.92. The molecule has 2 unspecified atom stereocenters. The van der Waals surface area contributed by atoms with E-state index in [0.717, 1.165) is 24.1 Å². The van der Waals surface area contributed by atoms with Gasteiger partial charge in [0.1, 0.15) is 10.7 Å². The smallest absolute Gasteiger partial charge is 0.267 e. The molecule has 1 aromatic heterocycles. The summed E-state index contributed by atoms with van der Waals surface area (Å²) in [5.41, 5.74) is 5.87. The van der Waals surface area contributed by atoms with Crippen molar-refractivity contribution >= 4 is 28.2 Å². The van der Waals surface area contributed by atoms with Crippen molar-refractivity contribution in [2.45, 2.75) is 20.3 Å². The summed E-state index contributed by atoms with van der Waals surface area (Å²) in [5, 5.41) is 0.802. The lowest BCUT2D eigenvalue weighted by molar-refractivity contribution is 0.0792. The molecule has 1 fully saturated rings. The molecule has 1 saturated carbocycles. The average molecular weight is 282 g/mol. The van der Waals surface area contributed by atoms with Crippen molar-refractivity contribution in [2.24, 2.45) is 11.8 Å². The monoisotopic (exact) mass is 282 g/mol. The van der Waals surface area contributed by atoms with Crippen molar-refractivity contribution < 1.29 is 4.79 Å². The number of nitrogens with zero attached hydrogens (tertiary/aromatic N) is 3. The number of hydrogen-bond acceptors (Lipinski definition) is 5. The lowest BCUT2D eigenvalue weighted by Crippen LogP contribution is -2.29. The predicted molar refractivity (Wildman–Crippen MR) is 79.7 cm³/mol. The van der Waals surface area contributed by atoms with Crippen LogP contribution in [0.1, 0.15) is 29.9 Å². The Kier molecular flexibility index (Phi) is 3.99. The van der Waals surface area contributed by atoms with Crippen molar-refractivity contribution in [3.63, 3.8) is 0 Å². The number of carbonyl (C=O) groups excluding carboxylic acids is 1. The zero-order valence-corrected chi connectivity index (χ0v) is 12.8. The van der Waals surface area contributed by atoms with Gasteiger partial charge in [0.15, 0.2) is 5.13 Å². The molecule has 0 bridgehead atoms. The summed E-state index contributed by atoms with van der Waals surface area (Å²) in [6, 6.07) is 0. The number of rotatable bonds is 5. The highest BCUT2D eigenvalue weighted by Gasteiger charge is 2.35. The number of aromatic nitrogens is 1. The molecule has 1 aromatic rings. The molecule has 0 spiro atoms. The molecule has 0 aliphatic heterocycles. The molecule has 6 heteroatoms. The third-order valence-corrected chi connectivity index (χ3v) is 4.94. The van der Waals surface area contributed by atoms with Gasteiger partial charge in [-0.25, -0.2) is 4.98 Å². The number of nitrogens with two attached hydrogens (primary N) is 1. The molecule has 19 heavy (non-hydrogen) atoms. The van der Waals surface area contributed by atoms with Crippen LogP contribution in [0.4, 0.5) is 10.9 Å². The van der Waals surface area contributed by atoms with Crippen molar-refractivity contribution in [3.05, 3.63) is 4.88 Å². The highest BCUT2D eigenvalue weighted by Crippen LogP contribution is 2.38. The maximum absolute atomic E-state index is 12.4. The standard InChI is InChI=1S/C13H22N4OS/c1-5-16(3)13-15-11(14)10(19-13)12(18)17(4)7-9-6-8(9)2/h8-9H,5-7,14H2,1-4H3. The van der Waals surface area contributed by atoms with Gasteiger partial charge >= 0.3 is 0 Å². The van der Waals surface area contributed by atoms with Crippen LogP contribution in [0, 0.1) is 11.8 Å². The van der Waals surface area contributed by atoms with Gasteiger partial charge in [-0.3, -0.25) is 4.79 Å². The molecule has 1 aliphatic rings. The van der Waals surface area contributed by atoms with E-state index < -0.39 is 0 Å². The normalized spacial score (nSPS) is 21.3. The van der Waals surface area contributed by atoms with E-state index in [1.165, 1.54) is 17.8 Å². The quantitative estimate of drug-likeness (QED) is 0.896. The van der Waals surface area contributed by atoms with Crippen LogP contribution in [0.3, 0.4) is 0 Å². The Bertz CT molecular complexity index is 473. The molecule has 2 rings (SSSR count). The van der Waals surface area contributed by atoms with Crippen LogP contribution in [0.25, 0.3) is 0 Å². The van der Waals surface area contributed by atoms with E-state index in [-0.39, 0.29) is 5.91 Å². The lowest BCUT2D eigenvalue weighted by atomic mass is 10.3. The number of carbonyl (C=O) groups is 1. The third-order valence-electron chi connectivity index (χ3n) is 3.77. The largest absolute Gasteiger partial charge is 0.382 e. The zero-order valence-electron chi connectivity index (χ0n) is 12.0. The van der Waals surface area contributed by atoms with Crippen LogP contribution < -0.4 is 10.6 Å². The molecule has 1 aliphatic carbocycles. The maximum Gasteiger partial charge on any atom is 0.267 e. The maximum atomic E-state index is 12.4. The van der Waals surface area contributed by atoms with Crippen LogP contribution >= 0.6 is 11.3 Å². The fraction of sp³-hybridized carbons (Fsp3) is 0.692. The van der Waals surface area contributed by atoms with Crippen molar-refractivity contribution in [1.82, 2.24) is 9.88 Å². The SMILES string of the molecule is CCN(C)c1nc(N)c(C(=O)N(C)CC2CC2C)s1. The first-order valence-corrected chi connectivity index (χ1v) is 7.48. The minimum Gasteiger partial charge on any atom is -0.382 e. The summed E-state index contributed by atoms with van der Waals surface area (Å²) in [7, 11) is 3.79. The fourth-order valence-corrected chi connectivity index (χ4v) is 3.04. The van der Waals surface area contributed by atoms with Crippen LogP contribution in [0.15, 0.2) is 0 Å². The minimum atomic E-state index is -0.00940. The van der Waals surface area contributed by atoms with Gasteiger partial charge in [-0.1, -0.05) is 18.3 Å². The van der Waals surface area contributed by atoms with Crippen LogP contribution in [-0.4, -0.2) is 43.0 Å². The second-order valence-corrected chi connectivity index (χ2v) is 6.36. The summed E-state index contributed by atoms with van der Waals surface area (Å²) in [6.07, 6.45) is 1.22. The Hall–Kier alpha value is -1.30. The van der Waals surface area contributed by atoms with Crippen molar-refractivity contribution in [3.8, 4) is 0 Å². The molecule has 0 saturated heterocycles. The van der Waals surface area contributed by atoms with Gasteiger partial charge in [-0.15, -0.1) is 0 Å². The van der Waals surface area contributed by atoms with Crippen LogP contribution in [0.5, 0.6) is 0 Å². The topological polar surface area (TPSA) is 62.5 Å². The van der Waals surface area contributed by atoms with Crippen LogP contribution in [0.2, 0.25) is 0 Å². The van der Waals surface area contributed by atoms with Crippen molar-refractivity contribution in [1.29, 1.82) is 0 Å². The molecule has 106 valence electrons. The highest BCUT2D eigenvalue weighted by atomic mass is 32.1. The molecule has 2 N–H and O–H groups in total. The lowest BCUT2D eigenvalue weighted by Gasteiger charge is -2.16. The van der Waals surface area contributed by atoms with E-state index in [4.69, 9.17) is 5.73 Å². The first-order valence-electron chi connectivity index (χ1n) is 6.66. The number of nitrogen functional groups attached to an aromatic ring is 1. The van der Waals surface area contributed by atoms with Crippen molar-refractivity contribution in [2.75, 3.05) is 37.8 Å². The molecular formula is C13H22N4OS. The number of amides is 1. The Labute approximate surface area is 118 Å². The van der Waals surface area contributed by atoms with Gasteiger partial charge in [0, 0.05) is 27.2 Å². The highest BCUT2D eigenvalue weighted by molar-refractivity contribution is 7.18. The van der Waals surface area contributed by atoms with E-state index in [0.29, 0.717) is 16.6 Å². The third kappa shape index (κ3) is 3.00. The summed E-state index contributed by atoms with van der Waals surface area (Å²) in [5.74, 6) is 1.74. The Morgan fingerprint density at radius 2 is 2.16 bits per heavy atom. The van der Waals surface area contributed by atoms with Gasteiger partial charge in [0.25, 0.3) is 5.91 Å². The summed E-state index contributed by atoms with van der Waals surface area (Å²) in [4.78, 5) is 20.9. The van der Waals surface area contributed by atoms with Gasteiger partial charge in [-0.2, -0.15) is 0 Å². The number of anilines is 2. The first-order chi connectivity index (χ1) is 8.93. The van der Waals surface area contributed by atoms with E-state index in [9.17, 15) is 4.79 Å². The number of thiazole rings is 1. The first kappa shape index (κ1) is 14.1. The summed E-state index contributed by atoms with van der Waals surface area (Å²) in [6.45, 7) is 5.92. The molecule has 2 atom stereocenters. The van der Waals surface area contributed by atoms with Gasteiger partial charge < -0.3 is 15.5 Å². The fourth-order valence-electron chi connectivity index (χ4n) is 2.03. The zero-order chi connectivity index (χ0) is 14.2. The van der Waals surface area contributed by atoms with Gasteiger partial charge in [-0.05, 0) is 25.2 Å². The van der Waals surface area contributed by atoms with Crippen LogP contribution in [-0.2, 0) is 0 Å². The van der Waals surface area contributed by atoms with E-state index in [1.54, 1.807) is 4.90 Å². The summed E-state index contributed by atoms with van der Waals surface area (Å²) < 4.78 is 0. The molecule has 0 radical (unpaired) electrons. The number of hydrogen-bond donors (Lipinski definition) is 1. The van der Waals surface area contributed by atoms with E-state index in [1.807, 2.05) is 25.9 Å². The predicted octanol–water partition coefficient (Wildman–Crippen LogP) is 1.91. The minimum absolute atomic E-state index is 0.00940. The molecular weight excluding hydrogens is 260 g/mol. The molecule has 1 heterocycles. The van der Waals surface area contributed by atoms with Gasteiger partial charge in [0.05, 0.1) is 0 Å². The molecule has 5 nitrogen and oxygen atoms in total. The molecule has 0 aromatic carbocycles. The Morgan fingerprint density at radius 1 is 1.53 bits per heavy atom.